The van der Waals surface area contributed by atoms with Crippen LogP contribution in [0, 0.1) is 0 Å². The lowest BCUT2D eigenvalue weighted by Crippen LogP contribution is -2.52. The van der Waals surface area contributed by atoms with Crippen molar-refractivity contribution in [1.29, 1.82) is 0 Å². The van der Waals surface area contributed by atoms with Crippen LogP contribution in [0.15, 0.2) is 48.9 Å². The van der Waals surface area contributed by atoms with E-state index in [1.54, 1.807) is 23.1 Å². The lowest BCUT2D eigenvalue weighted by molar-refractivity contribution is -0.137. The molecule has 1 amide bonds. The summed E-state index contributed by atoms with van der Waals surface area (Å²) in [6.45, 7) is 2.45. The summed E-state index contributed by atoms with van der Waals surface area (Å²) in [4.78, 5) is 20.6. The van der Waals surface area contributed by atoms with Crippen molar-refractivity contribution in [2.24, 2.45) is 0 Å². The van der Waals surface area contributed by atoms with Crippen LogP contribution >= 0.6 is 0 Å². The molecule has 0 radical (unpaired) electrons. The number of carbonyl (C=O) groups is 1. The SMILES string of the molecule is COc1ccc(-n2nccn2)c(C(=O)N2CCCC(Nc3ccc(C(F)(F)F)cn3)[C@@H]2C)c1. The van der Waals surface area contributed by atoms with Gasteiger partial charge < -0.3 is 15.0 Å². The van der Waals surface area contributed by atoms with E-state index >= 15 is 0 Å². The first-order valence-electron chi connectivity index (χ1n) is 10.4. The van der Waals surface area contributed by atoms with Crippen molar-refractivity contribution in [2.45, 2.75) is 38.0 Å². The predicted molar refractivity (Wildman–Crippen MR) is 114 cm³/mol. The number of amides is 1. The summed E-state index contributed by atoms with van der Waals surface area (Å²) in [5.41, 5.74) is 0.113. The van der Waals surface area contributed by atoms with Gasteiger partial charge in [0.15, 0.2) is 0 Å². The molecule has 33 heavy (non-hydrogen) atoms. The number of anilines is 1. The molecule has 1 aliphatic heterocycles. The first kappa shape index (κ1) is 22.6. The second-order valence-electron chi connectivity index (χ2n) is 7.76. The zero-order valence-corrected chi connectivity index (χ0v) is 18.1. The highest BCUT2D eigenvalue weighted by Gasteiger charge is 2.34. The van der Waals surface area contributed by atoms with Crippen LogP contribution < -0.4 is 10.1 Å². The molecule has 1 saturated heterocycles. The third-order valence-electron chi connectivity index (χ3n) is 5.74. The summed E-state index contributed by atoms with van der Waals surface area (Å²) in [6.07, 6.45) is 0.897. The van der Waals surface area contributed by atoms with E-state index in [0.29, 0.717) is 29.4 Å². The zero-order chi connectivity index (χ0) is 23.6. The third kappa shape index (κ3) is 4.76. The summed E-state index contributed by atoms with van der Waals surface area (Å²) >= 11 is 0. The van der Waals surface area contributed by atoms with Crippen molar-refractivity contribution in [3.05, 3.63) is 60.0 Å². The molecule has 3 aromatic rings. The van der Waals surface area contributed by atoms with Crippen molar-refractivity contribution in [3.8, 4) is 11.4 Å². The number of aromatic nitrogens is 4. The van der Waals surface area contributed by atoms with Gasteiger partial charge in [0.25, 0.3) is 5.91 Å². The number of alkyl halides is 3. The number of likely N-dealkylation sites (tertiary alicyclic amines) is 1. The summed E-state index contributed by atoms with van der Waals surface area (Å²) in [6, 6.07) is 7.00. The number of nitrogens with one attached hydrogen (secondary N) is 1. The van der Waals surface area contributed by atoms with Gasteiger partial charge in [-0.3, -0.25) is 4.79 Å². The van der Waals surface area contributed by atoms with Gasteiger partial charge in [0.1, 0.15) is 11.6 Å². The van der Waals surface area contributed by atoms with Crippen LogP contribution in [0.4, 0.5) is 19.0 Å². The van der Waals surface area contributed by atoms with Crippen LogP contribution in [0.2, 0.25) is 0 Å². The second-order valence-corrected chi connectivity index (χ2v) is 7.76. The van der Waals surface area contributed by atoms with Gasteiger partial charge >= 0.3 is 6.18 Å². The molecule has 0 spiro atoms. The monoisotopic (exact) mass is 460 g/mol. The van der Waals surface area contributed by atoms with Crippen LogP contribution in [-0.4, -0.2) is 56.5 Å². The molecule has 1 aliphatic rings. The van der Waals surface area contributed by atoms with Gasteiger partial charge in [0, 0.05) is 24.8 Å². The van der Waals surface area contributed by atoms with Crippen LogP contribution in [0.3, 0.4) is 0 Å². The Balaban J connectivity index is 1.56. The molecule has 0 bridgehead atoms. The van der Waals surface area contributed by atoms with E-state index in [1.807, 2.05) is 6.92 Å². The quantitative estimate of drug-likeness (QED) is 0.624. The van der Waals surface area contributed by atoms with Gasteiger partial charge in [-0.15, -0.1) is 0 Å². The van der Waals surface area contributed by atoms with E-state index < -0.39 is 11.7 Å². The van der Waals surface area contributed by atoms with Gasteiger partial charge in [0.05, 0.1) is 36.3 Å². The fraction of sp³-hybridized carbons (Fsp3) is 0.364. The fourth-order valence-corrected chi connectivity index (χ4v) is 3.94. The number of ether oxygens (including phenoxy) is 1. The Morgan fingerprint density at radius 2 is 1.94 bits per heavy atom. The summed E-state index contributed by atoms with van der Waals surface area (Å²) in [5, 5.41) is 11.5. The lowest BCUT2D eigenvalue weighted by atomic mass is 9.96. The number of methoxy groups -OCH3 is 1. The Labute approximate surface area is 188 Å². The normalized spacial score (nSPS) is 18.8. The largest absolute Gasteiger partial charge is 0.497 e. The van der Waals surface area contributed by atoms with E-state index in [2.05, 4.69) is 20.5 Å². The first-order valence-corrected chi connectivity index (χ1v) is 10.4. The molecule has 2 atom stereocenters. The molecule has 174 valence electrons. The highest BCUT2D eigenvalue weighted by Crippen LogP contribution is 2.30. The van der Waals surface area contributed by atoms with Crippen molar-refractivity contribution >= 4 is 11.7 Å². The van der Waals surface area contributed by atoms with Crippen LogP contribution in [0.5, 0.6) is 5.75 Å². The maximum Gasteiger partial charge on any atom is 0.417 e. The number of benzene rings is 1. The van der Waals surface area contributed by atoms with Gasteiger partial charge in [-0.05, 0) is 50.1 Å². The molecule has 1 fully saturated rings. The second kappa shape index (κ2) is 9.08. The molecule has 0 aliphatic carbocycles. The van der Waals surface area contributed by atoms with Gasteiger partial charge in [-0.2, -0.15) is 28.2 Å². The standard InChI is InChI=1S/C22H23F3N6O2/c1-14-18(29-20-8-5-15(13-26-20)22(23,24)25)4-3-11-30(14)21(32)17-12-16(33-2)6-7-19(17)31-27-9-10-28-31/h5-10,12-14,18H,3-4,11H2,1-2H3,(H,26,29)/t14-,18?/m0/s1. The number of halogens is 3. The highest BCUT2D eigenvalue weighted by molar-refractivity contribution is 5.98. The van der Waals surface area contributed by atoms with Crippen molar-refractivity contribution in [2.75, 3.05) is 19.0 Å². The van der Waals surface area contributed by atoms with Gasteiger partial charge in [-0.25, -0.2) is 4.98 Å². The Hall–Kier alpha value is -3.63. The van der Waals surface area contributed by atoms with E-state index in [9.17, 15) is 18.0 Å². The molecule has 3 heterocycles. The van der Waals surface area contributed by atoms with Gasteiger partial charge in [-0.1, -0.05) is 0 Å². The molecule has 1 N–H and O–H groups in total. The average Bonchev–Trinajstić information content (AvgIpc) is 3.34. The van der Waals surface area contributed by atoms with E-state index in [1.165, 1.54) is 30.4 Å². The Morgan fingerprint density at radius 1 is 1.18 bits per heavy atom. The molecule has 11 heteroatoms. The molecule has 4 rings (SSSR count). The van der Waals surface area contributed by atoms with Crippen LogP contribution in [0.25, 0.3) is 5.69 Å². The topological polar surface area (TPSA) is 85.2 Å². The summed E-state index contributed by atoms with van der Waals surface area (Å²) in [5.74, 6) is 0.653. The predicted octanol–water partition coefficient (Wildman–Crippen LogP) is 3.79. The Morgan fingerprint density at radius 3 is 2.58 bits per heavy atom. The number of rotatable bonds is 5. The minimum Gasteiger partial charge on any atom is -0.497 e. The minimum absolute atomic E-state index is 0.177. The molecule has 1 unspecified atom stereocenters. The number of pyridine rings is 1. The number of piperidine rings is 1. The highest BCUT2D eigenvalue weighted by atomic mass is 19.4. The smallest absolute Gasteiger partial charge is 0.417 e. The number of nitrogens with zero attached hydrogens (tertiary/aromatic N) is 5. The maximum absolute atomic E-state index is 13.6. The third-order valence-corrected chi connectivity index (χ3v) is 5.74. The Bertz CT molecular complexity index is 1100. The van der Waals surface area contributed by atoms with Crippen molar-refractivity contribution < 1.29 is 22.7 Å². The number of hydrogen-bond acceptors (Lipinski definition) is 6. The average molecular weight is 460 g/mol. The van der Waals surface area contributed by atoms with E-state index in [-0.39, 0.29) is 18.0 Å². The first-order chi connectivity index (χ1) is 15.8. The maximum atomic E-state index is 13.6. The number of hydrogen-bond donors (Lipinski definition) is 1. The zero-order valence-electron chi connectivity index (χ0n) is 18.1. The van der Waals surface area contributed by atoms with Crippen LogP contribution in [-0.2, 0) is 6.18 Å². The summed E-state index contributed by atoms with van der Waals surface area (Å²) in [7, 11) is 1.52. The molecular formula is C22H23F3N6O2. The molecular weight excluding hydrogens is 437 g/mol. The van der Waals surface area contributed by atoms with E-state index in [4.69, 9.17) is 4.74 Å². The minimum atomic E-state index is -4.44. The number of carbonyl (C=O) groups excluding carboxylic acids is 1. The molecule has 2 aromatic heterocycles. The summed E-state index contributed by atoms with van der Waals surface area (Å²) < 4.78 is 43.7. The van der Waals surface area contributed by atoms with E-state index in [0.717, 1.165) is 25.1 Å². The fourth-order valence-electron chi connectivity index (χ4n) is 3.94. The van der Waals surface area contributed by atoms with Crippen molar-refractivity contribution in [3.63, 3.8) is 0 Å². The molecule has 8 nitrogen and oxygen atoms in total. The lowest BCUT2D eigenvalue weighted by Gasteiger charge is -2.40. The van der Waals surface area contributed by atoms with Crippen LogP contribution in [0.1, 0.15) is 35.7 Å². The Kier molecular flexibility index (Phi) is 6.21. The van der Waals surface area contributed by atoms with Gasteiger partial charge in [0.2, 0.25) is 0 Å². The molecule has 0 saturated carbocycles. The molecule has 1 aromatic carbocycles. The van der Waals surface area contributed by atoms with Crippen molar-refractivity contribution in [1.82, 2.24) is 24.9 Å².